The minimum Gasteiger partial charge on any atom is -0.339 e. The first-order chi connectivity index (χ1) is 19.1. The lowest BCUT2D eigenvalue weighted by Crippen LogP contribution is -2.89. The molecule has 0 saturated carbocycles. The van der Waals surface area contributed by atoms with Crippen molar-refractivity contribution in [2.24, 2.45) is 5.41 Å². The van der Waals surface area contributed by atoms with E-state index in [1.54, 1.807) is 4.90 Å². The number of sulfonamides is 1. The number of nitrogens with zero attached hydrogens (tertiary/aromatic N) is 2. The minimum atomic E-state index is -4.14. The maximum absolute atomic E-state index is 13.7. The molecule has 0 spiro atoms. The van der Waals surface area contributed by atoms with Gasteiger partial charge in [0.15, 0.2) is 0 Å². The Labute approximate surface area is 246 Å². The van der Waals surface area contributed by atoms with E-state index >= 15 is 0 Å². The molecule has 2 N–H and O–H groups in total. The summed E-state index contributed by atoms with van der Waals surface area (Å²) in [7, 11) is -4.14. The number of hydrogen-bond acceptors (Lipinski definition) is 6. The van der Waals surface area contributed by atoms with Gasteiger partial charge in [-0.3, -0.25) is 14.4 Å². The van der Waals surface area contributed by atoms with E-state index < -0.39 is 45.3 Å². The number of benzene rings is 2. The van der Waals surface area contributed by atoms with Crippen molar-refractivity contribution in [3.63, 3.8) is 0 Å². The fourth-order valence-corrected chi connectivity index (χ4v) is 7.82. The van der Waals surface area contributed by atoms with Gasteiger partial charge in [0.1, 0.15) is 16.8 Å². The number of rotatable bonds is 7. The number of carbonyl (C=O) groups is 3. The molecule has 3 atom stereocenters. The zero-order valence-electron chi connectivity index (χ0n) is 22.9. The third kappa shape index (κ3) is 5.33. The second-order valence-electron chi connectivity index (χ2n) is 11.7. The molecule has 2 unspecified atom stereocenters. The van der Waals surface area contributed by atoms with Crippen molar-refractivity contribution in [3.05, 3.63) is 64.2 Å². The van der Waals surface area contributed by atoms with Crippen LogP contribution in [0.1, 0.15) is 37.4 Å². The van der Waals surface area contributed by atoms with Crippen LogP contribution in [0.3, 0.4) is 0 Å². The minimum absolute atomic E-state index is 0.225. The first kappa shape index (κ1) is 29.4. The first-order valence-corrected chi connectivity index (χ1v) is 15.6. The standard InChI is InChI=1S/C28H30ClFN4O5S2/c1-27(2,3)24(32-25(36)20-11-16-7-5-6-8-19(16)40-20)26(37)34-14-22-28(34,4)15-33(22)23(35)13-31-41(38,39)21-10-9-17(30)12-18(21)29/h5-12,22,24,31H,13-15H2,1-4H3,(H,32,36)/t22-,24?,28?/m1/s1. The van der Waals surface area contributed by atoms with Gasteiger partial charge in [0, 0.05) is 17.8 Å². The lowest BCUT2D eigenvalue weighted by molar-refractivity contribution is -0.206. The number of likely N-dealkylation sites (tertiary alicyclic amines) is 2. The Bertz CT molecular complexity index is 1640. The van der Waals surface area contributed by atoms with Gasteiger partial charge in [-0.2, -0.15) is 0 Å². The Morgan fingerprint density at radius 1 is 1.17 bits per heavy atom. The zero-order valence-corrected chi connectivity index (χ0v) is 25.3. The van der Waals surface area contributed by atoms with Crippen molar-refractivity contribution in [2.75, 3.05) is 19.6 Å². The van der Waals surface area contributed by atoms with Gasteiger partial charge in [0.2, 0.25) is 21.8 Å². The third-order valence-electron chi connectivity index (χ3n) is 7.78. The molecule has 5 rings (SSSR count). The average molecular weight is 621 g/mol. The predicted molar refractivity (Wildman–Crippen MR) is 155 cm³/mol. The molecular formula is C28H30ClFN4O5S2. The summed E-state index contributed by atoms with van der Waals surface area (Å²) in [5, 5.41) is 3.61. The molecule has 2 fully saturated rings. The fourth-order valence-electron chi connectivity index (χ4n) is 5.35. The van der Waals surface area contributed by atoms with E-state index in [9.17, 15) is 27.2 Å². The number of carbonyl (C=O) groups excluding carboxylic acids is 3. The van der Waals surface area contributed by atoms with Crippen LogP contribution in [0.15, 0.2) is 53.4 Å². The van der Waals surface area contributed by atoms with Crippen molar-refractivity contribution >= 4 is 60.8 Å². The zero-order chi connectivity index (χ0) is 29.9. The van der Waals surface area contributed by atoms with Crippen LogP contribution in [0.4, 0.5) is 4.39 Å². The highest BCUT2D eigenvalue weighted by atomic mass is 35.5. The summed E-state index contributed by atoms with van der Waals surface area (Å²) in [6.07, 6.45) is 0. The van der Waals surface area contributed by atoms with E-state index in [0.29, 0.717) is 4.88 Å². The number of halogens is 2. The predicted octanol–water partition coefficient (Wildman–Crippen LogP) is 3.63. The van der Waals surface area contributed by atoms with Crippen molar-refractivity contribution in [3.8, 4) is 0 Å². The topological polar surface area (TPSA) is 116 Å². The molecule has 41 heavy (non-hydrogen) atoms. The second-order valence-corrected chi connectivity index (χ2v) is 14.9. The number of piperazine rings is 1. The Kier molecular flexibility index (Phi) is 7.42. The average Bonchev–Trinajstić information content (AvgIpc) is 3.33. The van der Waals surface area contributed by atoms with Gasteiger partial charge < -0.3 is 15.1 Å². The van der Waals surface area contributed by atoms with Crippen LogP contribution < -0.4 is 10.0 Å². The first-order valence-electron chi connectivity index (χ1n) is 13.0. The highest BCUT2D eigenvalue weighted by Gasteiger charge is 2.65. The van der Waals surface area contributed by atoms with Crippen LogP contribution in [-0.2, 0) is 19.6 Å². The van der Waals surface area contributed by atoms with Gasteiger partial charge in [-0.05, 0) is 48.1 Å². The number of thiophene rings is 1. The molecule has 2 saturated heterocycles. The van der Waals surface area contributed by atoms with E-state index in [4.69, 9.17) is 11.6 Å². The SMILES string of the molecule is CC(C)(C)C(NC(=O)c1cc2ccccc2s1)C(=O)N1C[C@H]2N(C(=O)CNS(=O)(=O)c3ccc(F)cc3Cl)CC21C. The molecule has 218 valence electrons. The van der Waals surface area contributed by atoms with Crippen LogP contribution in [0, 0.1) is 11.2 Å². The molecule has 9 nitrogen and oxygen atoms in total. The van der Waals surface area contributed by atoms with Gasteiger partial charge >= 0.3 is 0 Å². The molecule has 2 aliphatic heterocycles. The summed E-state index contributed by atoms with van der Waals surface area (Å²) in [5.74, 6) is -1.68. The van der Waals surface area contributed by atoms with E-state index in [1.807, 2.05) is 58.0 Å². The smallest absolute Gasteiger partial charge is 0.262 e. The maximum Gasteiger partial charge on any atom is 0.262 e. The quantitative estimate of drug-likeness (QED) is 0.419. The van der Waals surface area contributed by atoms with Crippen LogP contribution in [0.2, 0.25) is 5.02 Å². The Morgan fingerprint density at radius 3 is 2.49 bits per heavy atom. The fraction of sp³-hybridized carbons (Fsp3) is 0.393. The van der Waals surface area contributed by atoms with Gasteiger partial charge in [-0.15, -0.1) is 11.3 Å². The highest BCUT2D eigenvalue weighted by Crippen LogP contribution is 2.45. The summed E-state index contributed by atoms with van der Waals surface area (Å²) in [6.45, 7) is 7.51. The summed E-state index contributed by atoms with van der Waals surface area (Å²) in [6, 6.07) is 11.3. The Balaban J connectivity index is 1.22. The van der Waals surface area contributed by atoms with Crippen molar-refractivity contribution in [1.82, 2.24) is 19.8 Å². The molecule has 2 aliphatic rings. The lowest BCUT2D eigenvalue weighted by atomic mass is 9.70. The number of amides is 3. The molecular weight excluding hydrogens is 591 g/mol. The van der Waals surface area contributed by atoms with Crippen LogP contribution in [0.5, 0.6) is 0 Å². The third-order valence-corrected chi connectivity index (χ3v) is 10.8. The van der Waals surface area contributed by atoms with Crippen molar-refractivity contribution < 1.29 is 27.2 Å². The van der Waals surface area contributed by atoms with Gasteiger partial charge in [-0.25, -0.2) is 17.5 Å². The molecule has 3 amide bonds. The monoisotopic (exact) mass is 620 g/mol. The second kappa shape index (κ2) is 10.3. The summed E-state index contributed by atoms with van der Waals surface area (Å²) in [4.78, 5) is 43.2. The van der Waals surface area contributed by atoms with Crippen molar-refractivity contribution in [2.45, 2.75) is 50.2 Å². The molecule has 0 aliphatic carbocycles. The molecule has 3 aromatic rings. The van der Waals surface area contributed by atoms with E-state index in [2.05, 4.69) is 10.0 Å². The Hall–Kier alpha value is -3.06. The molecule has 2 aromatic carbocycles. The summed E-state index contributed by atoms with van der Waals surface area (Å²) in [5.41, 5.74) is -1.21. The van der Waals surface area contributed by atoms with Gasteiger partial charge in [-0.1, -0.05) is 50.6 Å². The van der Waals surface area contributed by atoms with E-state index in [1.165, 1.54) is 16.2 Å². The highest BCUT2D eigenvalue weighted by molar-refractivity contribution is 7.89. The molecule has 1 aromatic heterocycles. The van der Waals surface area contributed by atoms with Crippen molar-refractivity contribution in [1.29, 1.82) is 0 Å². The molecule has 3 heterocycles. The summed E-state index contributed by atoms with van der Waals surface area (Å²) < 4.78 is 41.7. The maximum atomic E-state index is 13.7. The normalized spacial score (nSPS) is 21.1. The number of fused-ring (bicyclic) bond motifs is 2. The molecule has 0 bridgehead atoms. The lowest BCUT2D eigenvalue weighted by Gasteiger charge is -2.69. The number of nitrogens with one attached hydrogen (secondary N) is 2. The Morgan fingerprint density at radius 2 is 1.88 bits per heavy atom. The molecule has 0 radical (unpaired) electrons. The summed E-state index contributed by atoms with van der Waals surface area (Å²) >= 11 is 7.24. The van der Waals surface area contributed by atoms with E-state index in [-0.39, 0.29) is 40.9 Å². The van der Waals surface area contributed by atoms with Crippen LogP contribution >= 0.6 is 22.9 Å². The number of hydrogen-bond donors (Lipinski definition) is 2. The van der Waals surface area contributed by atoms with Gasteiger partial charge in [0.25, 0.3) is 5.91 Å². The van der Waals surface area contributed by atoms with Gasteiger partial charge in [0.05, 0.1) is 28.0 Å². The van der Waals surface area contributed by atoms with Crippen LogP contribution in [-0.4, -0.2) is 73.2 Å². The van der Waals surface area contributed by atoms with E-state index in [0.717, 1.165) is 28.3 Å². The largest absolute Gasteiger partial charge is 0.339 e. The van der Waals surface area contributed by atoms with Crippen LogP contribution in [0.25, 0.3) is 10.1 Å². The molecule has 13 heteroatoms.